The van der Waals surface area contributed by atoms with E-state index in [4.69, 9.17) is 0 Å². The van der Waals surface area contributed by atoms with Crippen LogP contribution in [0.15, 0.2) is 67.3 Å². The topological polar surface area (TPSA) is 58.0 Å². The van der Waals surface area contributed by atoms with Crippen molar-refractivity contribution in [2.75, 3.05) is 11.9 Å². The van der Waals surface area contributed by atoms with Crippen LogP contribution in [0, 0.1) is 0 Å². The SMILES string of the molecule is C=C/C=C(\C=C/C)c1cc(-c2ccccc2)c(NCC(C)O)nn1. The van der Waals surface area contributed by atoms with E-state index in [1.165, 1.54) is 0 Å². The van der Waals surface area contributed by atoms with Gasteiger partial charge in [-0.1, -0.05) is 61.2 Å². The first-order chi connectivity index (χ1) is 11.7. The van der Waals surface area contributed by atoms with Crippen molar-refractivity contribution in [3.8, 4) is 11.1 Å². The highest BCUT2D eigenvalue weighted by molar-refractivity contribution is 5.80. The van der Waals surface area contributed by atoms with Crippen LogP contribution in [0.4, 0.5) is 5.82 Å². The quantitative estimate of drug-likeness (QED) is 0.754. The van der Waals surface area contributed by atoms with Crippen molar-refractivity contribution in [1.82, 2.24) is 10.2 Å². The van der Waals surface area contributed by atoms with Gasteiger partial charge in [-0.15, -0.1) is 10.2 Å². The number of benzene rings is 1. The van der Waals surface area contributed by atoms with Crippen molar-refractivity contribution in [2.24, 2.45) is 0 Å². The summed E-state index contributed by atoms with van der Waals surface area (Å²) < 4.78 is 0. The summed E-state index contributed by atoms with van der Waals surface area (Å²) in [5.74, 6) is 0.657. The Morgan fingerprint density at radius 1 is 1.29 bits per heavy atom. The van der Waals surface area contributed by atoms with Crippen molar-refractivity contribution >= 4 is 11.4 Å². The monoisotopic (exact) mass is 321 g/mol. The highest BCUT2D eigenvalue weighted by Crippen LogP contribution is 2.28. The maximum absolute atomic E-state index is 9.52. The number of hydrogen-bond acceptors (Lipinski definition) is 4. The molecule has 4 nitrogen and oxygen atoms in total. The lowest BCUT2D eigenvalue weighted by atomic mass is 10.0. The number of nitrogens with zero attached hydrogens (tertiary/aromatic N) is 2. The van der Waals surface area contributed by atoms with Gasteiger partial charge in [-0.25, -0.2) is 0 Å². The fraction of sp³-hybridized carbons (Fsp3) is 0.200. The van der Waals surface area contributed by atoms with E-state index in [1.807, 2.05) is 61.5 Å². The minimum Gasteiger partial charge on any atom is -0.392 e. The number of aliphatic hydroxyl groups excluding tert-OH is 1. The first kappa shape index (κ1) is 17.6. The van der Waals surface area contributed by atoms with Gasteiger partial charge < -0.3 is 10.4 Å². The number of anilines is 1. The molecule has 1 atom stereocenters. The maximum atomic E-state index is 9.52. The standard InChI is InChI=1S/C20H23N3O/c1-4-9-17(10-5-2)19-13-18(16-11-7-6-8-12-16)20(23-22-19)21-14-15(3)24/h4-13,15,24H,1,14H2,2-3H3,(H,21,23)/b10-5-,17-9+. The third-order valence-electron chi connectivity index (χ3n) is 3.38. The summed E-state index contributed by atoms with van der Waals surface area (Å²) in [5.41, 5.74) is 3.70. The fourth-order valence-electron chi connectivity index (χ4n) is 2.28. The number of hydrogen-bond donors (Lipinski definition) is 2. The summed E-state index contributed by atoms with van der Waals surface area (Å²) in [6.07, 6.45) is 7.11. The smallest absolute Gasteiger partial charge is 0.156 e. The molecule has 0 aliphatic rings. The highest BCUT2D eigenvalue weighted by Gasteiger charge is 2.11. The van der Waals surface area contributed by atoms with Gasteiger partial charge in [0.05, 0.1) is 11.8 Å². The van der Waals surface area contributed by atoms with Crippen LogP contribution in [0.25, 0.3) is 16.7 Å². The molecule has 1 aromatic carbocycles. The molecule has 24 heavy (non-hydrogen) atoms. The van der Waals surface area contributed by atoms with Gasteiger partial charge in [0, 0.05) is 17.7 Å². The molecular formula is C20H23N3O. The highest BCUT2D eigenvalue weighted by atomic mass is 16.3. The van der Waals surface area contributed by atoms with Gasteiger partial charge in [-0.3, -0.25) is 0 Å². The number of nitrogens with one attached hydrogen (secondary N) is 1. The lowest BCUT2D eigenvalue weighted by molar-refractivity contribution is 0.208. The molecule has 0 amide bonds. The van der Waals surface area contributed by atoms with Gasteiger partial charge in [0.2, 0.25) is 0 Å². The van der Waals surface area contributed by atoms with E-state index < -0.39 is 6.10 Å². The van der Waals surface area contributed by atoms with Gasteiger partial charge in [0.15, 0.2) is 5.82 Å². The summed E-state index contributed by atoms with van der Waals surface area (Å²) in [7, 11) is 0. The molecule has 2 rings (SSSR count). The van der Waals surface area contributed by atoms with Crippen molar-refractivity contribution in [3.05, 3.63) is 73.0 Å². The molecule has 2 N–H and O–H groups in total. The molecule has 1 aromatic heterocycles. The van der Waals surface area contributed by atoms with Crippen molar-refractivity contribution in [2.45, 2.75) is 20.0 Å². The van der Waals surface area contributed by atoms with Gasteiger partial charge >= 0.3 is 0 Å². The number of rotatable bonds is 7. The zero-order valence-corrected chi connectivity index (χ0v) is 14.1. The van der Waals surface area contributed by atoms with E-state index in [-0.39, 0.29) is 0 Å². The van der Waals surface area contributed by atoms with E-state index in [9.17, 15) is 5.11 Å². The zero-order chi connectivity index (χ0) is 17.4. The molecule has 0 aliphatic heterocycles. The molecule has 0 bridgehead atoms. The van der Waals surface area contributed by atoms with Crippen LogP contribution in [0.3, 0.4) is 0 Å². The van der Waals surface area contributed by atoms with E-state index in [0.717, 1.165) is 22.4 Å². The van der Waals surface area contributed by atoms with E-state index in [0.29, 0.717) is 12.4 Å². The van der Waals surface area contributed by atoms with Crippen LogP contribution in [-0.2, 0) is 0 Å². The molecule has 0 radical (unpaired) electrons. The molecule has 124 valence electrons. The Labute approximate surface area is 143 Å². The molecule has 4 heteroatoms. The summed E-state index contributed by atoms with van der Waals surface area (Å²) >= 11 is 0. The largest absolute Gasteiger partial charge is 0.392 e. The second kappa shape index (κ2) is 8.79. The molecule has 0 fully saturated rings. The van der Waals surface area contributed by atoms with Gasteiger partial charge in [0.25, 0.3) is 0 Å². The molecule has 0 spiro atoms. The summed E-state index contributed by atoms with van der Waals surface area (Å²) in [6.45, 7) is 7.86. The van der Waals surface area contributed by atoms with Crippen LogP contribution in [0.5, 0.6) is 0 Å². The van der Waals surface area contributed by atoms with Gasteiger partial charge in [0.1, 0.15) is 0 Å². The van der Waals surface area contributed by atoms with E-state index >= 15 is 0 Å². The number of aliphatic hydroxyl groups is 1. The Kier molecular flexibility index (Phi) is 6.46. The van der Waals surface area contributed by atoms with Crippen molar-refractivity contribution in [1.29, 1.82) is 0 Å². The summed E-state index contributed by atoms with van der Waals surface area (Å²) in [4.78, 5) is 0. The number of aromatic nitrogens is 2. The van der Waals surface area contributed by atoms with Gasteiger partial charge in [-0.05, 0) is 25.5 Å². The van der Waals surface area contributed by atoms with Crippen LogP contribution >= 0.6 is 0 Å². The van der Waals surface area contributed by atoms with Crippen molar-refractivity contribution < 1.29 is 5.11 Å². The second-order valence-electron chi connectivity index (χ2n) is 5.45. The molecule has 1 heterocycles. The average molecular weight is 321 g/mol. The first-order valence-corrected chi connectivity index (χ1v) is 7.96. The Hall–Kier alpha value is -2.72. The Morgan fingerprint density at radius 3 is 2.67 bits per heavy atom. The Morgan fingerprint density at radius 2 is 2.04 bits per heavy atom. The first-order valence-electron chi connectivity index (χ1n) is 7.96. The van der Waals surface area contributed by atoms with Crippen LogP contribution in [0.1, 0.15) is 19.5 Å². The third kappa shape index (κ3) is 4.64. The van der Waals surface area contributed by atoms with Crippen LogP contribution in [-0.4, -0.2) is 28.0 Å². The molecule has 0 aliphatic carbocycles. The van der Waals surface area contributed by atoms with E-state index in [1.54, 1.807) is 13.0 Å². The maximum Gasteiger partial charge on any atom is 0.156 e. The predicted octanol–water partition coefficient (Wildman–Crippen LogP) is 4.08. The minimum atomic E-state index is -0.464. The number of allylic oxidation sites excluding steroid dienone is 5. The predicted molar refractivity (Wildman–Crippen MR) is 101 cm³/mol. The normalized spacial score (nSPS) is 13.0. The average Bonchev–Trinajstić information content (AvgIpc) is 2.60. The molecule has 2 aromatic rings. The molecule has 1 unspecified atom stereocenters. The third-order valence-corrected chi connectivity index (χ3v) is 3.38. The Balaban J connectivity index is 2.51. The van der Waals surface area contributed by atoms with Crippen molar-refractivity contribution in [3.63, 3.8) is 0 Å². The Bertz CT molecular complexity index is 734. The van der Waals surface area contributed by atoms with E-state index in [2.05, 4.69) is 22.1 Å². The fourth-order valence-corrected chi connectivity index (χ4v) is 2.28. The van der Waals surface area contributed by atoms with Crippen LogP contribution in [0.2, 0.25) is 0 Å². The molecule has 0 saturated carbocycles. The summed E-state index contributed by atoms with van der Waals surface area (Å²) in [6, 6.07) is 12.0. The lowest BCUT2D eigenvalue weighted by Gasteiger charge is -2.13. The lowest BCUT2D eigenvalue weighted by Crippen LogP contribution is -2.17. The van der Waals surface area contributed by atoms with Gasteiger partial charge in [-0.2, -0.15) is 0 Å². The van der Waals surface area contributed by atoms with Crippen LogP contribution < -0.4 is 5.32 Å². The second-order valence-corrected chi connectivity index (χ2v) is 5.45. The molecular weight excluding hydrogens is 298 g/mol. The summed E-state index contributed by atoms with van der Waals surface area (Å²) in [5, 5.41) is 21.3. The zero-order valence-electron chi connectivity index (χ0n) is 14.1. The minimum absolute atomic E-state index is 0.415. The molecule has 0 saturated heterocycles.